The van der Waals surface area contributed by atoms with Crippen LogP contribution in [0.15, 0.2) is 18.2 Å². The normalized spacial score (nSPS) is 11.6. The lowest BCUT2D eigenvalue weighted by molar-refractivity contribution is 0.0950. The fraction of sp³-hybridized carbons (Fsp3) is 0.333. The van der Waals surface area contributed by atoms with E-state index in [4.69, 9.17) is 16.9 Å². The van der Waals surface area contributed by atoms with E-state index in [1.165, 1.54) is 0 Å². The predicted octanol–water partition coefficient (Wildman–Crippen LogP) is 2.54. The average molecular weight is 237 g/mol. The molecule has 16 heavy (non-hydrogen) atoms. The largest absolute Gasteiger partial charge is 0.351 e. The molecule has 0 aliphatic heterocycles. The molecular weight excluding hydrogens is 224 g/mol. The maximum Gasteiger partial charge on any atom is 0.251 e. The summed E-state index contributed by atoms with van der Waals surface area (Å²) in [5.41, 5.74) is 1.42. The molecule has 3 nitrogen and oxygen atoms in total. The van der Waals surface area contributed by atoms with Crippen molar-refractivity contribution in [2.24, 2.45) is 5.92 Å². The summed E-state index contributed by atoms with van der Waals surface area (Å²) in [5.74, 6) is -0.354. The number of benzene rings is 1. The summed E-state index contributed by atoms with van der Waals surface area (Å²) in [4.78, 5) is 11.7. The molecule has 0 bridgehead atoms. The molecule has 1 aromatic rings. The van der Waals surface area contributed by atoms with Gasteiger partial charge in [-0.15, -0.1) is 0 Å². The molecular formula is C12H13ClN2O. The van der Waals surface area contributed by atoms with E-state index in [9.17, 15) is 4.79 Å². The van der Waals surface area contributed by atoms with E-state index < -0.39 is 0 Å². The van der Waals surface area contributed by atoms with Crippen molar-refractivity contribution in [3.63, 3.8) is 0 Å². The third kappa shape index (κ3) is 3.25. The molecule has 1 amide bonds. The number of hydrogen-bond donors (Lipinski definition) is 1. The highest BCUT2D eigenvalue weighted by atomic mass is 35.5. The summed E-state index contributed by atoms with van der Waals surface area (Å²) >= 11 is 5.80. The molecule has 0 fully saturated rings. The molecule has 4 heteroatoms. The second kappa shape index (κ2) is 5.53. The first-order chi connectivity index (χ1) is 7.54. The van der Waals surface area contributed by atoms with E-state index in [0.717, 1.165) is 5.56 Å². The summed E-state index contributed by atoms with van der Waals surface area (Å²) in [7, 11) is 0. The van der Waals surface area contributed by atoms with Crippen molar-refractivity contribution < 1.29 is 4.79 Å². The second-order valence-corrected chi connectivity index (χ2v) is 4.14. The Morgan fingerprint density at radius 2 is 2.31 bits per heavy atom. The van der Waals surface area contributed by atoms with Crippen molar-refractivity contribution in [1.82, 2.24) is 5.32 Å². The summed E-state index contributed by atoms with van der Waals surface area (Å²) in [6.45, 7) is 3.95. The molecule has 0 saturated carbocycles. The van der Waals surface area contributed by atoms with Gasteiger partial charge in [-0.05, 0) is 37.6 Å². The molecule has 1 rings (SSSR count). The maximum atomic E-state index is 11.7. The van der Waals surface area contributed by atoms with Crippen LogP contribution in [0.3, 0.4) is 0 Å². The predicted molar refractivity (Wildman–Crippen MR) is 63.3 cm³/mol. The molecule has 84 valence electrons. The van der Waals surface area contributed by atoms with Gasteiger partial charge < -0.3 is 5.32 Å². The highest BCUT2D eigenvalue weighted by Gasteiger charge is 2.09. The molecule has 0 spiro atoms. The summed E-state index contributed by atoms with van der Waals surface area (Å²) < 4.78 is 0. The number of carbonyl (C=O) groups is 1. The maximum absolute atomic E-state index is 11.7. The second-order valence-electron chi connectivity index (χ2n) is 3.70. The fourth-order valence-electron chi connectivity index (χ4n) is 1.27. The molecule has 0 radical (unpaired) electrons. The first-order valence-electron chi connectivity index (χ1n) is 4.98. The monoisotopic (exact) mass is 236 g/mol. The number of aryl methyl sites for hydroxylation is 1. The van der Waals surface area contributed by atoms with Crippen molar-refractivity contribution in [3.05, 3.63) is 34.3 Å². The minimum absolute atomic E-state index is 0.170. The molecule has 0 aromatic heterocycles. The van der Waals surface area contributed by atoms with Gasteiger partial charge in [0.05, 0.1) is 12.0 Å². The number of nitrogens with one attached hydrogen (secondary N) is 1. The number of nitriles is 1. The fourth-order valence-corrected chi connectivity index (χ4v) is 1.50. The highest BCUT2D eigenvalue weighted by molar-refractivity contribution is 6.30. The van der Waals surface area contributed by atoms with E-state index in [1.54, 1.807) is 25.1 Å². The highest BCUT2D eigenvalue weighted by Crippen LogP contribution is 2.15. The Bertz CT molecular complexity index is 437. The molecule has 1 atom stereocenters. The lowest BCUT2D eigenvalue weighted by Gasteiger charge is -2.08. The minimum atomic E-state index is -0.184. The van der Waals surface area contributed by atoms with Crippen LogP contribution in [0.2, 0.25) is 5.02 Å². The first kappa shape index (κ1) is 12.5. The zero-order valence-corrected chi connectivity index (χ0v) is 10.0. The Morgan fingerprint density at radius 3 is 2.88 bits per heavy atom. The summed E-state index contributed by atoms with van der Waals surface area (Å²) in [6.07, 6.45) is 0. The number of nitrogens with zero attached hydrogens (tertiary/aromatic N) is 1. The van der Waals surface area contributed by atoms with E-state index in [-0.39, 0.29) is 11.8 Å². The zero-order chi connectivity index (χ0) is 12.1. The standard InChI is InChI=1S/C12H13ClN2O/c1-8(6-14)7-15-12(16)11-4-3-10(13)5-9(11)2/h3-5,8H,7H2,1-2H3,(H,15,16). The van der Waals surface area contributed by atoms with Gasteiger partial charge in [-0.1, -0.05) is 11.6 Å². The van der Waals surface area contributed by atoms with Crippen molar-refractivity contribution in [2.45, 2.75) is 13.8 Å². The van der Waals surface area contributed by atoms with E-state index >= 15 is 0 Å². The van der Waals surface area contributed by atoms with Crippen molar-refractivity contribution in [3.8, 4) is 6.07 Å². The lowest BCUT2D eigenvalue weighted by Crippen LogP contribution is -2.28. The van der Waals surface area contributed by atoms with Gasteiger partial charge in [0.15, 0.2) is 0 Å². The molecule has 1 N–H and O–H groups in total. The van der Waals surface area contributed by atoms with Crippen LogP contribution in [0.25, 0.3) is 0 Å². The topological polar surface area (TPSA) is 52.9 Å². The smallest absolute Gasteiger partial charge is 0.251 e. The van der Waals surface area contributed by atoms with E-state index in [0.29, 0.717) is 17.1 Å². The van der Waals surface area contributed by atoms with Crippen LogP contribution < -0.4 is 5.32 Å². The third-order valence-corrected chi connectivity index (χ3v) is 2.46. The number of rotatable bonds is 3. The van der Waals surface area contributed by atoms with Crippen LogP contribution >= 0.6 is 11.6 Å². The Kier molecular flexibility index (Phi) is 4.33. The number of hydrogen-bond acceptors (Lipinski definition) is 2. The number of halogens is 1. The van der Waals surface area contributed by atoms with E-state index in [1.807, 2.05) is 6.92 Å². The number of amides is 1. The van der Waals surface area contributed by atoms with Crippen molar-refractivity contribution >= 4 is 17.5 Å². The number of carbonyl (C=O) groups excluding carboxylic acids is 1. The summed E-state index contributed by atoms with van der Waals surface area (Å²) in [6, 6.07) is 7.16. The molecule has 0 saturated heterocycles. The van der Waals surface area contributed by atoms with E-state index in [2.05, 4.69) is 11.4 Å². The zero-order valence-electron chi connectivity index (χ0n) is 9.25. The minimum Gasteiger partial charge on any atom is -0.351 e. The summed E-state index contributed by atoms with van der Waals surface area (Å²) in [5, 5.41) is 11.9. The molecule has 0 aliphatic rings. The molecule has 1 aromatic carbocycles. The Hall–Kier alpha value is -1.53. The van der Waals surface area contributed by atoms with Gasteiger partial charge in [0.25, 0.3) is 5.91 Å². The van der Waals surface area contributed by atoms with Crippen LogP contribution in [0, 0.1) is 24.2 Å². The van der Waals surface area contributed by atoms with Gasteiger partial charge >= 0.3 is 0 Å². The Labute approximate surface area is 100 Å². The Morgan fingerprint density at radius 1 is 1.62 bits per heavy atom. The average Bonchev–Trinajstić information content (AvgIpc) is 2.25. The van der Waals surface area contributed by atoms with Gasteiger partial charge in [-0.3, -0.25) is 4.79 Å². The van der Waals surface area contributed by atoms with Gasteiger partial charge in [-0.25, -0.2) is 0 Å². The van der Waals surface area contributed by atoms with Crippen LogP contribution in [0.1, 0.15) is 22.8 Å². The SMILES string of the molecule is Cc1cc(Cl)ccc1C(=O)NCC(C)C#N. The van der Waals surface area contributed by atoms with Gasteiger partial charge in [0.1, 0.15) is 0 Å². The quantitative estimate of drug-likeness (QED) is 0.877. The molecule has 1 unspecified atom stereocenters. The van der Waals surface area contributed by atoms with Crippen molar-refractivity contribution in [1.29, 1.82) is 5.26 Å². The van der Waals surface area contributed by atoms with Crippen LogP contribution in [0.5, 0.6) is 0 Å². The van der Waals surface area contributed by atoms with Gasteiger partial charge in [-0.2, -0.15) is 5.26 Å². The van der Waals surface area contributed by atoms with Crippen molar-refractivity contribution in [2.75, 3.05) is 6.54 Å². The van der Waals surface area contributed by atoms with Crippen LogP contribution in [-0.2, 0) is 0 Å². The molecule has 0 aliphatic carbocycles. The first-order valence-corrected chi connectivity index (χ1v) is 5.36. The van der Waals surface area contributed by atoms with Gasteiger partial charge in [0, 0.05) is 17.1 Å². The Balaban J connectivity index is 2.71. The van der Waals surface area contributed by atoms with Gasteiger partial charge in [0.2, 0.25) is 0 Å². The lowest BCUT2D eigenvalue weighted by atomic mass is 10.1. The van der Waals surface area contributed by atoms with Crippen LogP contribution in [0.4, 0.5) is 0 Å². The van der Waals surface area contributed by atoms with Crippen LogP contribution in [-0.4, -0.2) is 12.5 Å². The third-order valence-electron chi connectivity index (χ3n) is 2.22. The molecule has 0 heterocycles.